The van der Waals surface area contributed by atoms with Crippen molar-refractivity contribution in [1.29, 1.82) is 0 Å². The SMILES string of the molecule is CCCNC(N)=NCC(OC)c1ccc(F)cc1.I. The second-order valence-corrected chi connectivity index (χ2v) is 3.93. The molecule has 108 valence electrons. The maximum absolute atomic E-state index is 12.8. The van der Waals surface area contributed by atoms with Crippen LogP contribution in [0.4, 0.5) is 4.39 Å². The molecule has 1 rings (SSSR count). The number of nitrogens with zero attached hydrogens (tertiary/aromatic N) is 1. The van der Waals surface area contributed by atoms with Gasteiger partial charge in [-0.05, 0) is 24.1 Å². The number of methoxy groups -OCH3 is 1. The lowest BCUT2D eigenvalue weighted by Crippen LogP contribution is -2.32. The standard InChI is InChI=1S/C13H20FN3O.HI/c1-3-8-16-13(15)17-9-12(18-2)10-4-6-11(14)7-5-10;/h4-7,12H,3,8-9H2,1-2H3,(H3,15,16,17);1H. The minimum atomic E-state index is -0.263. The third-order valence-corrected chi connectivity index (χ3v) is 2.51. The van der Waals surface area contributed by atoms with Crippen molar-refractivity contribution in [2.75, 3.05) is 20.2 Å². The van der Waals surface area contributed by atoms with Gasteiger partial charge in [-0.2, -0.15) is 0 Å². The number of rotatable bonds is 6. The minimum absolute atomic E-state index is 0. The molecular weight excluding hydrogens is 360 g/mol. The number of nitrogens with two attached hydrogens (primary N) is 1. The van der Waals surface area contributed by atoms with E-state index in [-0.39, 0.29) is 35.9 Å². The van der Waals surface area contributed by atoms with Gasteiger partial charge in [0.2, 0.25) is 0 Å². The summed E-state index contributed by atoms with van der Waals surface area (Å²) >= 11 is 0. The van der Waals surface area contributed by atoms with Gasteiger partial charge in [-0.15, -0.1) is 24.0 Å². The largest absolute Gasteiger partial charge is 0.375 e. The van der Waals surface area contributed by atoms with Crippen LogP contribution in [0.2, 0.25) is 0 Å². The fraction of sp³-hybridized carbons (Fsp3) is 0.462. The Kier molecular flexibility index (Phi) is 9.50. The normalized spacial score (nSPS) is 12.7. The maximum atomic E-state index is 12.8. The Hall–Kier alpha value is -0.890. The van der Waals surface area contributed by atoms with E-state index < -0.39 is 0 Å². The van der Waals surface area contributed by atoms with Crippen molar-refractivity contribution < 1.29 is 9.13 Å². The first-order valence-corrected chi connectivity index (χ1v) is 5.99. The lowest BCUT2D eigenvalue weighted by Gasteiger charge is -2.14. The van der Waals surface area contributed by atoms with Crippen LogP contribution >= 0.6 is 24.0 Å². The van der Waals surface area contributed by atoms with Crippen LogP contribution in [0.15, 0.2) is 29.3 Å². The summed E-state index contributed by atoms with van der Waals surface area (Å²) in [5, 5.41) is 2.98. The van der Waals surface area contributed by atoms with Crippen LogP contribution in [0, 0.1) is 5.82 Å². The highest BCUT2D eigenvalue weighted by Gasteiger charge is 2.09. The highest BCUT2D eigenvalue weighted by atomic mass is 127. The first-order chi connectivity index (χ1) is 8.67. The molecule has 0 aliphatic carbocycles. The molecule has 0 heterocycles. The molecule has 0 aliphatic rings. The first kappa shape index (κ1) is 18.1. The summed E-state index contributed by atoms with van der Waals surface area (Å²) in [7, 11) is 1.60. The Morgan fingerprint density at radius 2 is 2.05 bits per heavy atom. The van der Waals surface area contributed by atoms with Crippen LogP contribution in [-0.2, 0) is 4.74 Å². The first-order valence-electron chi connectivity index (χ1n) is 5.99. The Labute approximate surface area is 130 Å². The summed E-state index contributed by atoms with van der Waals surface area (Å²) in [4.78, 5) is 4.20. The van der Waals surface area contributed by atoms with E-state index in [2.05, 4.69) is 17.2 Å². The van der Waals surface area contributed by atoms with Gasteiger partial charge >= 0.3 is 0 Å². The number of benzene rings is 1. The molecule has 1 atom stereocenters. The molecule has 1 unspecified atom stereocenters. The molecule has 0 saturated carbocycles. The smallest absolute Gasteiger partial charge is 0.188 e. The zero-order chi connectivity index (χ0) is 13.4. The molecule has 0 saturated heterocycles. The van der Waals surface area contributed by atoms with Crippen LogP contribution in [0.5, 0.6) is 0 Å². The molecule has 0 radical (unpaired) electrons. The van der Waals surface area contributed by atoms with Crippen molar-refractivity contribution in [3.8, 4) is 0 Å². The fourth-order valence-corrected chi connectivity index (χ4v) is 1.48. The van der Waals surface area contributed by atoms with Crippen LogP contribution in [0.1, 0.15) is 25.0 Å². The van der Waals surface area contributed by atoms with E-state index in [1.165, 1.54) is 12.1 Å². The van der Waals surface area contributed by atoms with Crippen LogP contribution < -0.4 is 11.1 Å². The van der Waals surface area contributed by atoms with Gasteiger partial charge in [-0.25, -0.2) is 4.39 Å². The van der Waals surface area contributed by atoms with Crippen LogP contribution in [0.25, 0.3) is 0 Å². The number of aliphatic imine (C=N–C) groups is 1. The lowest BCUT2D eigenvalue weighted by molar-refractivity contribution is 0.111. The van der Waals surface area contributed by atoms with Crippen molar-refractivity contribution >= 4 is 29.9 Å². The number of guanidine groups is 1. The average Bonchev–Trinajstić information content (AvgIpc) is 2.39. The molecule has 0 amide bonds. The quantitative estimate of drug-likeness (QED) is 0.452. The molecular formula is C13H21FIN3O. The summed E-state index contributed by atoms with van der Waals surface area (Å²) < 4.78 is 18.1. The maximum Gasteiger partial charge on any atom is 0.188 e. The summed E-state index contributed by atoms with van der Waals surface area (Å²) in [6.45, 7) is 3.25. The predicted molar refractivity (Wildman–Crippen MR) is 86.3 cm³/mol. The molecule has 0 aliphatic heterocycles. The molecule has 6 heteroatoms. The number of nitrogens with one attached hydrogen (secondary N) is 1. The van der Waals surface area contributed by atoms with Crippen molar-refractivity contribution in [3.05, 3.63) is 35.6 Å². The average molecular weight is 381 g/mol. The van der Waals surface area contributed by atoms with Gasteiger partial charge in [0, 0.05) is 13.7 Å². The topological polar surface area (TPSA) is 59.6 Å². The number of hydrogen-bond acceptors (Lipinski definition) is 2. The molecule has 1 aromatic rings. The summed E-state index contributed by atoms with van der Waals surface area (Å²) in [6.07, 6.45) is 0.773. The van der Waals surface area contributed by atoms with Crippen molar-refractivity contribution in [2.45, 2.75) is 19.4 Å². The molecule has 19 heavy (non-hydrogen) atoms. The van der Waals surface area contributed by atoms with E-state index >= 15 is 0 Å². The second-order valence-electron chi connectivity index (χ2n) is 3.93. The molecule has 3 N–H and O–H groups in total. The zero-order valence-corrected chi connectivity index (χ0v) is 13.6. The minimum Gasteiger partial charge on any atom is -0.375 e. The fourth-order valence-electron chi connectivity index (χ4n) is 1.48. The van der Waals surface area contributed by atoms with Gasteiger partial charge in [0.15, 0.2) is 5.96 Å². The van der Waals surface area contributed by atoms with Crippen LogP contribution in [-0.4, -0.2) is 26.2 Å². The van der Waals surface area contributed by atoms with E-state index in [0.717, 1.165) is 18.5 Å². The Morgan fingerprint density at radius 3 is 2.58 bits per heavy atom. The van der Waals surface area contributed by atoms with Gasteiger partial charge in [-0.3, -0.25) is 4.99 Å². The lowest BCUT2D eigenvalue weighted by atomic mass is 10.1. The van der Waals surface area contributed by atoms with E-state index in [1.54, 1.807) is 19.2 Å². The predicted octanol–water partition coefficient (Wildman–Crippen LogP) is 2.45. The van der Waals surface area contributed by atoms with Crippen molar-refractivity contribution in [3.63, 3.8) is 0 Å². The molecule has 0 spiro atoms. The van der Waals surface area contributed by atoms with E-state index in [4.69, 9.17) is 10.5 Å². The molecule has 4 nitrogen and oxygen atoms in total. The summed E-state index contributed by atoms with van der Waals surface area (Å²) in [6, 6.07) is 6.19. The third kappa shape index (κ3) is 6.72. The Balaban J connectivity index is 0.00000324. The van der Waals surface area contributed by atoms with Crippen molar-refractivity contribution in [2.24, 2.45) is 10.7 Å². The Bertz CT molecular complexity index is 384. The number of ether oxygens (including phenoxy) is 1. The second kappa shape index (κ2) is 9.96. The molecule has 0 fully saturated rings. The number of halogens is 2. The van der Waals surface area contributed by atoms with E-state index in [9.17, 15) is 4.39 Å². The zero-order valence-electron chi connectivity index (χ0n) is 11.2. The van der Waals surface area contributed by atoms with Crippen molar-refractivity contribution in [1.82, 2.24) is 5.32 Å². The van der Waals surface area contributed by atoms with Gasteiger partial charge in [-0.1, -0.05) is 19.1 Å². The van der Waals surface area contributed by atoms with Crippen LogP contribution in [0.3, 0.4) is 0 Å². The van der Waals surface area contributed by atoms with E-state index in [0.29, 0.717) is 12.5 Å². The summed E-state index contributed by atoms with van der Waals surface area (Å²) in [5.74, 6) is 0.141. The number of hydrogen-bond donors (Lipinski definition) is 2. The Morgan fingerprint density at radius 1 is 1.42 bits per heavy atom. The summed E-state index contributed by atoms with van der Waals surface area (Å²) in [5.41, 5.74) is 6.57. The van der Waals surface area contributed by atoms with E-state index in [1.807, 2.05) is 0 Å². The van der Waals surface area contributed by atoms with Gasteiger partial charge in [0.05, 0.1) is 6.54 Å². The monoisotopic (exact) mass is 381 g/mol. The van der Waals surface area contributed by atoms with Gasteiger partial charge < -0.3 is 15.8 Å². The molecule has 0 aromatic heterocycles. The van der Waals surface area contributed by atoms with Gasteiger partial charge in [0.25, 0.3) is 0 Å². The molecule has 0 bridgehead atoms. The molecule has 1 aromatic carbocycles. The van der Waals surface area contributed by atoms with Gasteiger partial charge in [0.1, 0.15) is 11.9 Å². The third-order valence-electron chi connectivity index (χ3n) is 2.51. The highest BCUT2D eigenvalue weighted by Crippen LogP contribution is 2.17. The highest BCUT2D eigenvalue weighted by molar-refractivity contribution is 14.0.